The van der Waals surface area contributed by atoms with Gasteiger partial charge in [0.2, 0.25) is 5.91 Å². The van der Waals surface area contributed by atoms with Crippen molar-refractivity contribution in [3.05, 3.63) is 66.0 Å². The Kier molecular flexibility index (Phi) is 6.54. The molecule has 1 unspecified atom stereocenters. The highest BCUT2D eigenvalue weighted by atomic mass is 16.5. The van der Waals surface area contributed by atoms with Gasteiger partial charge in [-0.25, -0.2) is 0 Å². The van der Waals surface area contributed by atoms with Gasteiger partial charge in [0.15, 0.2) is 0 Å². The summed E-state index contributed by atoms with van der Waals surface area (Å²) < 4.78 is 5.46. The number of hydrogen-bond acceptors (Lipinski definition) is 4. The molecular weight excluding hydrogens is 314 g/mol. The van der Waals surface area contributed by atoms with Crippen molar-refractivity contribution in [1.82, 2.24) is 15.2 Å². The van der Waals surface area contributed by atoms with Crippen LogP contribution >= 0.6 is 0 Å². The van der Waals surface area contributed by atoms with Crippen molar-refractivity contribution in [2.45, 2.75) is 18.9 Å². The van der Waals surface area contributed by atoms with Gasteiger partial charge in [-0.3, -0.25) is 14.7 Å². The van der Waals surface area contributed by atoms with Crippen LogP contribution in [0.15, 0.2) is 54.9 Å². The van der Waals surface area contributed by atoms with Crippen LogP contribution in [0.2, 0.25) is 0 Å². The van der Waals surface area contributed by atoms with Gasteiger partial charge < -0.3 is 10.1 Å². The lowest BCUT2D eigenvalue weighted by atomic mass is 10.0. The molecule has 1 atom stereocenters. The van der Waals surface area contributed by atoms with Crippen LogP contribution in [0.25, 0.3) is 0 Å². The number of carbonyl (C=O) groups excluding carboxylic acids is 1. The lowest BCUT2D eigenvalue weighted by molar-refractivity contribution is -0.121. The quantitative estimate of drug-likeness (QED) is 0.840. The van der Waals surface area contributed by atoms with Gasteiger partial charge in [0.1, 0.15) is 0 Å². The minimum absolute atomic E-state index is 0.0815. The zero-order chi connectivity index (χ0) is 17.3. The van der Waals surface area contributed by atoms with E-state index in [1.54, 1.807) is 6.20 Å². The molecule has 1 aromatic heterocycles. The minimum atomic E-state index is 0.0815. The Balaban J connectivity index is 1.55. The second kappa shape index (κ2) is 9.30. The number of morpholine rings is 1. The molecule has 1 N–H and O–H groups in total. The summed E-state index contributed by atoms with van der Waals surface area (Å²) >= 11 is 0. The second-order valence-electron chi connectivity index (χ2n) is 6.24. The Morgan fingerprint density at radius 1 is 1.16 bits per heavy atom. The van der Waals surface area contributed by atoms with E-state index in [2.05, 4.69) is 27.3 Å². The van der Waals surface area contributed by atoms with Gasteiger partial charge in [0.25, 0.3) is 0 Å². The van der Waals surface area contributed by atoms with Gasteiger partial charge in [-0.2, -0.15) is 0 Å². The number of ether oxygens (including phenoxy) is 1. The number of hydrogen-bond donors (Lipinski definition) is 1. The third kappa shape index (κ3) is 5.37. The molecule has 25 heavy (non-hydrogen) atoms. The molecule has 1 amide bonds. The zero-order valence-electron chi connectivity index (χ0n) is 14.4. The summed E-state index contributed by atoms with van der Waals surface area (Å²) in [5, 5.41) is 3.11. The smallest absolute Gasteiger partial charge is 0.220 e. The topological polar surface area (TPSA) is 54.5 Å². The number of benzene rings is 1. The van der Waals surface area contributed by atoms with Crippen LogP contribution in [-0.2, 0) is 16.0 Å². The fraction of sp³-hybridized carbons (Fsp3) is 0.400. The Hall–Kier alpha value is -2.24. The summed E-state index contributed by atoms with van der Waals surface area (Å²) in [7, 11) is 0. The monoisotopic (exact) mass is 339 g/mol. The summed E-state index contributed by atoms with van der Waals surface area (Å²) in [5.74, 6) is 0.0815. The highest BCUT2D eigenvalue weighted by Gasteiger charge is 2.22. The summed E-state index contributed by atoms with van der Waals surface area (Å²) in [6.07, 6.45) is 4.76. The van der Waals surface area contributed by atoms with E-state index < -0.39 is 0 Å². The Morgan fingerprint density at radius 3 is 2.68 bits per heavy atom. The molecule has 1 saturated heterocycles. The normalized spacial score (nSPS) is 16.3. The van der Waals surface area contributed by atoms with Crippen molar-refractivity contribution in [3.8, 4) is 0 Å². The lowest BCUT2D eigenvalue weighted by Gasteiger charge is -2.35. The van der Waals surface area contributed by atoms with Gasteiger partial charge in [0, 0.05) is 38.4 Å². The molecule has 0 spiro atoms. The molecule has 1 aromatic carbocycles. The lowest BCUT2D eigenvalue weighted by Crippen LogP contribution is -2.43. The first-order valence-electron chi connectivity index (χ1n) is 8.85. The van der Waals surface area contributed by atoms with Crippen LogP contribution < -0.4 is 5.32 Å². The fourth-order valence-corrected chi connectivity index (χ4v) is 3.12. The number of pyridine rings is 1. The number of carbonyl (C=O) groups is 1. The number of nitrogens with zero attached hydrogens (tertiary/aromatic N) is 2. The maximum atomic E-state index is 12.3. The Bertz CT molecular complexity index is 643. The van der Waals surface area contributed by atoms with Crippen LogP contribution in [0.1, 0.15) is 23.6 Å². The van der Waals surface area contributed by atoms with E-state index in [-0.39, 0.29) is 11.9 Å². The minimum Gasteiger partial charge on any atom is -0.379 e. The third-order valence-electron chi connectivity index (χ3n) is 4.53. The van der Waals surface area contributed by atoms with Crippen LogP contribution in [-0.4, -0.2) is 48.6 Å². The maximum Gasteiger partial charge on any atom is 0.220 e. The predicted molar refractivity (Wildman–Crippen MR) is 97.1 cm³/mol. The Morgan fingerprint density at radius 2 is 1.96 bits per heavy atom. The van der Waals surface area contributed by atoms with E-state index in [4.69, 9.17) is 4.74 Å². The van der Waals surface area contributed by atoms with Crippen LogP contribution in [0.5, 0.6) is 0 Å². The first kappa shape index (κ1) is 17.6. The third-order valence-corrected chi connectivity index (χ3v) is 4.53. The van der Waals surface area contributed by atoms with Crippen LogP contribution in [0.4, 0.5) is 0 Å². The van der Waals surface area contributed by atoms with Crippen molar-refractivity contribution in [2.24, 2.45) is 0 Å². The molecular formula is C20H25N3O2. The first-order chi connectivity index (χ1) is 12.3. The molecule has 5 heteroatoms. The molecule has 0 radical (unpaired) electrons. The van der Waals surface area contributed by atoms with Crippen LogP contribution in [0, 0.1) is 0 Å². The summed E-state index contributed by atoms with van der Waals surface area (Å²) in [6, 6.07) is 14.5. The molecule has 2 aromatic rings. The average Bonchev–Trinajstić information content (AvgIpc) is 2.69. The van der Waals surface area contributed by atoms with Crippen molar-refractivity contribution in [2.75, 3.05) is 32.8 Å². The second-order valence-corrected chi connectivity index (χ2v) is 6.24. The van der Waals surface area contributed by atoms with Gasteiger partial charge >= 0.3 is 0 Å². The molecule has 1 aliphatic heterocycles. The van der Waals surface area contributed by atoms with E-state index >= 15 is 0 Å². The number of rotatable bonds is 7. The SMILES string of the molecule is O=C(CCc1cccnc1)NCC(c1ccccc1)N1CCOCC1. The molecule has 0 saturated carbocycles. The predicted octanol–water partition coefficient (Wildman–Crippen LogP) is 2.20. The molecule has 0 aliphatic carbocycles. The number of nitrogens with one attached hydrogen (secondary N) is 1. The highest BCUT2D eigenvalue weighted by molar-refractivity contribution is 5.76. The van der Waals surface area contributed by atoms with Gasteiger partial charge in [0.05, 0.1) is 19.3 Å². The number of aryl methyl sites for hydroxylation is 1. The molecule has 2 heterocycles. The molecule has 5 nitrogen and oxygen atoms in total. The van der Waals surface area contributed by atoms with Crippen molar-refractivity contribution in [1.29, 1.82) is 0 Å². The van der Waals surface area contributed by atoms with Crippen LogP contribution in [0.3, 0.4) is 0 Å². The largest absolute Gasteiger partial charge is 0.379 e. The van der Waals surface area contributed by atoms with E-state index in [9.17, 15) is 4.79 Å². The standard InChI is InChI=1S/C20H25N3O2/c24-20(9-8-17-5-4-10-21-15-17)22-16-19(18-6-2-1-3-7-18)23-11-13-25-14-12-23/h1-7,10,15,19H,8-9,11-14,16H2,(H,22,24). The summed E-state index contributed by atoms with van der Waals surface area (Å²) in [6.45, 7) is 3.91. The summed E-state index contributed by atoms with van der Waals surface area (Å²) in [5.41, 5.74) is 2.32. The Labute approximate surface area is 149 Å². The highest BCUT2D eigenvalue weighted by Crippen LogP contribution is 2.21. The van der Waals surface area contributed by atoms with Gasteiger partial charge in [-0.1, -0.05) is 36.4 Å². The van der Waals surface area contributed by atoms with Crippen molar-refractivity contribution < 1.29 is 9.53 Å². The maximum absolute atomic E-state index is 12.3. The van der Waals surface area contributed by atoms with Crippen molar-refractivity contribution >= 4 is 5.91 Å². The molecule has 1 fully saturated rings. The fourth-order valence-electron chi connectivity index (χ4n) is 3.12. The molecule has 132 valence electrons. The average molecular weight is 339 g/mol. The van der Waals surface area contributed by atoms with Gasteiger partial charge in [-0.05, 0) is 23.6 Å². The number of aromatic nitrogens is 1. The first-order valence-corrected chi connectivity index (χ1v) is 8.85. The molecule has 3 rings (SSSR count). The molecule has 1 aliphatic rings. The number of amides is 1. The summed E-state index contributed by atoms with van der Waals surface area (Å²) in [4.78, 5) is 18.7. The van der Waals surface area contributed by atoms with E-state index in [0.29, 0.717) is 19.4 Å². The van der Waals surface area contributed by atoms with E-state index in [1.165, 1.54) is 5.56 Å². The van der Waals surface area contributed by atoms with Gasteiger partial charge in [-0.15, -0.1) is 0 Å². The van der Waals surface area contributed by atoms with E-state index in [1.807, 2.05) is 36.5 Å². The van der Waals surface area contributed by atoms with Crippen molar-refractivity contribution in [3.63, 3.8) is 0 Å². The van der Waals surface area contributed by atoms with E-state index in [0.717, 1.165) is 31.9 Å². The zero-order valence-corrected chi connectivity index (χ0v) is 14.4. The molecule has 0 bridgehead atoms.